The number of benzene rings is 2. The Kier molecular flexibility index (Phi) is 6.18. The highest BCUT2D eigenvalue weighted by Gasteiger charge is 2.17. The van der Waals surface area contributed by atoms with Gasteiger partial charge < -0.3 is 20.9 Å². The van der Waals surface area contributed by atoms with Gasteiger partial charge in [0.25, 0.3) is 5.91 Å². The van der Waals surface area contributed by atoms with E-state index in [0.717, 1.165) is 37.4 Å². The number of nitrogens with two attached hydrogens (primary N) is 1. The number of primary amides is 1. The fraction of sp³-hybridized carbons (Fsp3) is 0.280. The van der Waals surface area contributed by atoms with Gasteiger partial charge in [0.05, 0.1) is 5.69 Å². The van der Waals surface area contributed by atoms with Gasteiger partial charge in [0, 0.05) is 49.7 Å². The average Bonchev–Trinajstić information content (AvgIpc) is 2.80. The predicted octanol–water partition coefficient (Wildman–Crippen LogP) is 3.83. The number of nitrogens with zero attached hydrogens (tertiary/aromatic N) is 3. The molecule has 160 valence electrons. The smallest absolute Gasteiger partial charge is 0.269 e. The minimum atomic E-state index is -0.546. The van der Waals surface area contributed by atoms with Crippen molar-refractivity contribution < 1.29 is 4.79 Å². The Morgan fingerprint density at radius 3 is 2.32 bits per heavy atom. The third kappa shape index (κ3) is 4.86. The van der Waals surface area contributed by atoms with Crippen LogP contribution in [-0.4, -0.2) is 49.0 Å². The number of aromatic nitrogens is 1. The van der Waals surface area contributed by atoms with Crippen molar-refractivity contribution in [2.45, 2.75) is 12.8 Å². The minimum Gasteiger partial charge on any atom is -0.369 e. The van der Waals surface area contributed by atoms with Crippen molar-refractivity contribution in [3.8, 4) is 0 Å². The molecule has 6 nitrogen and oxygen atoms in total. The molecular weight excluding hydrogens is 386 g/mol. The Hall–Kier alpha value is -3.38. The van der Waals surface area contributed by atoms with Crippen LogP contribution in [0.4, 0.5) is 17.1 Å². The maximum absolute atomic E-state index is 12.0. The van der Waals surface area contributed by atoms with E-state index in [9.17, 15) is 4.79 Å². The number of pyridine rings is 1. The van der Waals surface area contributed by atoms with Crippen LogP contribution in [0.3, 0.4) is 0 Å². The number of amides is 1. The summed E-state index contributed by atoms with van der Waals surface area (Å²) in [7, 11) is 2.15. The second-order valence-electron chi connectivity index (χ2n) is 8.12. The van der Waals surface area contributed by atoms with Gasteiger partial charge in [0.1, 0.15) is 0 Å². The van der Waals surface area contributed by atoms with Crippen molar-refractivity contribution >= 4 is 23.0 Å². The summed E-state index contributed by atoms with van der Waals surface area (Å²) in [6, 6.07) is 20.5. The number of hydrogen-bond donors (Lipinski definition) is 2. The molecule has 6 heteroatoms. The van der Waals surface area contributed by atoms with Crippen LogP contribution in [0.15, 0.2) is 66.9 Å². The van der Waals surface area contributed by atoms with Crippen LogP contribution in [0, 0.1) is 0 Å². The third-order valence-corrected chi connectivity index (χ3v) is 5.96. The Balaban J connectivity index is 1.56. The molecule has 3 N–H and O–H groups in total. The minimum absolute atomic E-state index is 0.149. The molecule has 0 spiro atoms. The lowest BCUT2D eigenvalue weighted by Crippen LogP contribution is -2.44. The van der Waals surface area contributed by atoms with Crippen LogP contribution in [0.25, 0.3) is 0 Å². The Morgan fingerprint density at radius 1 is 1.00 bits per heavy atom. The monoisotopic (exact) mass is 415 g/mol. The largest absolute Gasteiger partial charge is 0.369 e. The van der Waals surface area contributed by atoms with Crippen molar-refractivity contribution in [1.82, 2.24) is 9.88 Å². The van der Waals surface area contributed by atoms with E-state index in [0.29, 0.717) is 5.69 Å². The first-order valence-electron chi connectivity index (χ1n) is 10.7. The van der Waals surface area contributed by atoms with E-state index in [1.165, 1.54) is 11.3 Å². The molecular formula is C25H29N5O. The van der Waals surface area contributed by atoms with Crippen molar-refractivity contribution in [1.29, 1.82) is 0 Å². The molecule has 1 aromatic heterocycles. The van der Waals surface area contributed by atoms with Gasteiger partial charge in [-0.15, -0.1) is 0 Å². The van der Waals surface area contributed by atoms with Crippen LogP contribution >= 0.6 is 0 Å². The van der Waals surface area contributed by atoms with E-state index >= 15 is 0 Å². The molecule has 0 bridgehead atoms. The zero-order valence-electron chi connectivity index (χ0n) is 18.1. The Labute approximate surface area is 183 Å². The number of piperazine rings is 1. The molecule has 31 heavy (non-hydrogen) atoms. The molecule has 4 rings (SSSR count). The summed E-state index contributed by atoms with van der Waals surface area (Å²) in [5, 5.41) is 3.35. The molecule has 2 heterocycles. The van der Waals surface area contributed by atoms with Gasteiger partial charge in [0.2, 0.25) is 0 Å². The lowest BCUT2D eigenvalue weighted by atomic mass is 9.94. The number of likely N-dealkylation sites (N-methyl/N-ethyl adjacent to an activating group) is 1. The zero-order valence-corrected chi connectivity index (χ0v) is 18.1. The standard InChI is InChI=1S/C25H29N5O/c1-18(19-6-4-3-5-7-19)20-16-23(24(25(26)31)27-17-20)28-21-8-10-22(11-9-21)30-14-12-29(2)13-15-30/h3-11,16-18,28H,12-15H2,1-2H3,(H2,26,31). The van der Waals surface area contributed by atoms with E-state index in [4.69, 9.17) is 5.73 Å². The molecule has 0 aliphatic carbocycles. The highest BCUT2D eigenvalue weighted by atomic mass is 16.1. The van der Waals surface area contributed by atoms with E-state index < -0.39 is 5.91 Å². The highest BCUT2D eigenvalue weighted by molar-refractivity contribution is 5.97. The molecule has 1 saturated heterocycles. The summed E-state index contributed by atoms with van der Waals surface area (Å²) in [5.74, 6) is -0.397. The third-order valence-electron chi connectivity index (χ3n) is 5.96. The second-order valence-corrected chi connectivity index (χ2v) is 8.12. The summed E-state index contributed by atoms with van der Waals surface area (Å²) in [6.45, 7) is 6.32. The SMILES string of the molecule is CC(c1ccccc1)c1cnc(C(N)=O)c(Nc2ccc(N3CCN(C)CC3)cc2)c1. The summed E-state index contributed by atoms with van der Waals surface area (Å²) < 4.78 is 0. The number of rotatable bonds is 6. The topological polar surface area (TPSA) is 74.5 Å². The van der Waals surface area contributed by atoms with E-state index in [1.54, 1.807) is 6.20 Å². The van der Waals surface area contributed by atoms with Crippen molar-refractivity contribution in [3.05, 3.63) is 83.7 Å². The average molecular weight is 416 g/mol. The van der Waals surface area contributed by atoms with Crippen LogP contribution in [0.2, 0.25) is 0 Å². The summed E-state index contributed by atoms with van der Waals surface area (Å²) in [4.78, 5) is 21.1. The summed E-state index contributed by atoms with van der Waals surface area (Å²) in [5.41, 5.74) is 10.8. The van der Waals surface area contributed by atoms with E-state index in [-0.39, 0.29) is 11.6 Å². The van der Waals surface area contributed by atoms with Crippen LogP contribution in [-0.2, 0) is 0 Å². The molecule has 3 aromatic rings. The fourth-order valence-electron chi connectivity index (χ4n) is 3.92. The number of anilines is 3. The van der Waals surface area contributed by atoms with Gasteiger partial charge in [-0.05, 0) is 48.5 Å². The quantitative estimate of drug-likeness (QED) is 0.640. The first kappa shape index (κ1) is 20.9. The van der Waals surface area contributed by atoms with Gasteiger partial charge in [-0.1, -0.05) is 37.3 Å². The number of carbonyl (C=O) groups is 1. The number of hydrogen-bond acceptors (Lipinski definition) is 5. The second kappa shape index (κ2) is 9.18. The molecule has 1 atom stereocenters. The van der Waals surface area contributed by atoms with E-state index in [1.807, 2.05) is 36.4 Å². The van der Waals surface area contributed by atoms with Crippen molar-refractivity contribution in [2.24, 2.45) is 5.73 Å². The number of nitrogens with one attached hydrogen (secondary N) is 1. The van der Waals surface area contributed by atoms with Gasteiger partial charge in [-0.3, -0.25) is 4.79 Å². The number of carbonyl (C=O) groups excluding carboxylic acids is 1. The molecule has 0 saturated carbocycles. The van der Waals surface area contributed by atoms with Gasteiger partial charge in [-0.2, -0.15) is 0 Å². The lowest BCUT2D eigenvalue weighted by Gasteiger charge is -2.34. The Morgan fingerprint density at radius 2 is 1.68 bits per heavy atom. The molecule has 2 aromatic carbocycles. The van der Waals surface area contributed by atoms with Gasteiger partial charge >= 0.3 is 0 Å². The van der Waals surface area contributed by atoms with Crippen LogP contribution in [0.5, 0.6) is 0 Å². The van der Waals surface area contributed by atoms with Gasteiger partial charge in [-0.25, -0.2) is 4.98 Å². The van der Waals surface area contributed by atoms with Gasteiger partial charge in [0.15, 0.2) is 5.69 Å². The highest BCUT2D eigenvalue weighted by Crippen LogP contribution is 2.29. The van der Waals surface area contributed by atoms with Crippen LogP contribution < -0.4 is 16.0 Å². The summed E-state index contributed by atoms with van der Waals surface area (Å²) in [6.07, 6.45) is 1.74. The molecule has 1 fully saturated rings. The molecule has 1 amide bonds. The normalized spacial score (nSPS) is 15.5. The molecule has 1 aliphatic rings. The maximum Gasteiger partial charge on any atom is 0.269 e. The summed E-state index contributed by atoms with van der Waals surface area (Å²) >= 11 is 0. The first-order valence-corrected chi connectivity index (χ1v) is 10.7. The molecule has 1 unspecified atom stereocenters. The Bertz CT molecular complexity index is 1030. The zero-order chi connectivity index (χ0) is 21.8. The van der Waals surface area contributed by atoms with Crippen molar-refractivity contribution in [3.63, 3.8) is 0 Å². The van der Waals surface area contributed by atoms with E-state index in [2.05, 4.69) is 58.3 Å². The first-order chi connectivity index (χ1) is 15.0. The maximum atomic E-state index is 12.0. The fourth-order valence-corrected chi connectivity index (χ4v) is 3.92. The predicted molar refractivity (Wildman–Crippen MR) is 126 cm³/mol. The molecule has 0 radical (unpaired) electrons. The van der Waals surface area contributed by atoms with Crippen molar-refractivity contribution in [2.75, 3.05) is 43.4 Å². The molecule has 1 aliphatic heterocycles. The van der Waals surface area contributed by atoms with Crippen LogP contribution in [0.1, 0.15) is 34.5 Å². The lowest BCUT2D eigenvalue weighted by molar-refractivity contribution is 0.0996.